The van der Waals surface area contributed by atoms with Crippen LogP contribution in [-0.4, -0.2) is 21.4 Å². The van der Waals surface area contributed by atoms with Gasteiger partial charge >= 0.3 is 0 Å². The third kappa shape index (κ3) is 2.41. The molecule has 0 unspecified atom stereocenters. The first-order chi connectivity index (χ1) is 12.0. The number of aromatic hydroxyl groups is 3. The minimum absolute atomic E-state index is 0.00137. The summed E-state index contributed by atoms with van der Waals surface area (Å²) in [6, 6.07) is 12.8. The van der Waals surface area contributed by atoms with Gasteiger partial charge in [-0.05, 0) is 48.9 Å². The Balaban J connectivity index is 2.08. The summed E-state index contributed by atoms with van der Waals surface area (Å²) >= 11 is 0. The van der Waals surface area contributed by atoms with E-state index in [9.17, 15) is 15.3 Å². The average molecular weight is 335 g/mol. The summed E-state index contributed by atoms with van der Waals surface area (Å²) in [7, 11) is 0. The van der Waals surface area contributed by atoms with Gasteiger partial charge in [-0.25, -0.2) is 0 Å². The van der Waals surface area contributed by atoms with Crippen molar-refractivity contribution in [1.29, 1.82) is 0 Å². The fraction of sp³-hybridized carbons (Fsp3) is 0.238. The summed E-state index contributed by atoms with van der Waals surface area (Å²) in [5.41, 5.74) is 3.41. The lowest BCUT2D eigenvalue weighted by Crippen LogP contribution is -2.36. The Hall–Kier alpha value is -2.72. The summed E-state index contributed by atoms with van der Waals surface area (Å²) in [5, 5.41) is 36.3. The Kier molecular flexibility index (Phi) is 3.58. The van der Waals surface area contributed by atoms with Crippen molar-refractivity contribution in [2.75, 3.05) is 0 Å². The van der Waals surface area contributed by atoms with Crippen molar-refractivity contribution in [3.63, 3.8) is 0 Å². The lowest BCUT2D eigenvalue weighted by molar-refractivity contribution is 0.402. The molecule has 0 saturated carbocycles. The van der Waals surface area contributed by atoms with Gasteiger partial charge in [-0.15, -0.1) is 0 Å². The van der Waals surface area contributed by atoms with Gasteiger partial charge in [0.15, 0.2) is 0 Å². The number of phenolic OH excluding ortho intramolecular Hbond substituents is 3. The zero-order chi connectivity index (χ0) is 17.7. The molecule has 0 aromatic heterocycles. The normalized spacial score (nSPS) is 19.8. The maximum Gasteiger partial charge on any atom is 0.127 e. The van der Waals surface area contributed by atoms with Crippen molar-refractivity contribution in [2.45, 2.75) is 32.4 Å². The molecule has 1 heterocycles. The van der Waals surface area contributed by atoms with Crippen LogP contribution in [-0.2, 0) is 6.42 Å². The minimum Gasteiger partial charge on any atom is -0.507 e. The monoisotopic (exact) mass is 335 g/mol. The molecule has 0 spiro atoms. The Morgan fingerprint density at radius 3 is 2.36 bits per heavy atom. The van der Waals surface area contributed by atoms with Gasteiger partial charge in [0.25, 0.3) is 0 Å². The molecule has 128 valence electrons. The van der Waals surface area contributed by atoms with E-state index in [2.05, 4.69) is 12.2 Å². The van der Waals surface area contributed by atoms with Gasteiger partial charge in [-0.2, -0.15) is 0 Å². The van der Waals surface area contributed by atoms with Crippen molar-refractivity contribution < 1.29 is 15.3 Å². The Morgan fingerprint density at radius 2 is 1.60 bits per heavy atom. The highest BCUT2D eigenvalue weighted by Crippen LogP contribution is 2.46. The summed E-state index contributed by atoms with van der Waals surface area (Å²) in [6.45, 7) is 4.11. The first-order valence-corrected chi connectivity index (χ1v) is 8.52. The second-order valence-corrected chi connectivity index (χ2v) is 6.85. The largest absolute Gasteiger partial charge is 0.507 e. The molecule has 3 aromatic rings. The lowest BCUT2D eigenvalue weighted by atomic mass is 9.83. The first kappa shape index (κ1) is 15.8. The fourth-order valence-corrected chi connectivity index (χ4v) is 4.10. The van der Waals surface area contributed by atoms with Crippen LogP contribution in [0.5, 0.6) is 17.2 Å². The molecule has 4 nitrogen and oxygen atoms in total. The maximum atomic E-state index is 10.7. The van der Waals surface area contributed by atoms with Gasteiger partial charge in [-0.1, -0.05) is 24.3 Å². The second kappa shape index (κ2) is 5.67. The summed E-state index contributed by atoms with van der Waals surface area (Å²) in [4.78, 5) is 0. The van der Waals surface area contributed by atoms with Crippen LogP contribution in [0.15, 0.2) is 42.5 Å². The molecule has 3 aromatic carbocycles. The number of phenols is 3. The molecule has 0 fully saturated rings. The predicted octanol–water partition coefficient (Wildman–Crippen LogP) is 4.22. The highest BCUT2D eigenvalue weighted by atomic mass is 16.3. The van der Waals surface area contributed by atoms with Crippen LogP contribution in [0.3, 0.4) is 0 Å². The van der Waals surface area contributed by atoms with Gasteiger partial charge in [0, 0.05) is 34.7 Å². The Bertz CT molecular complexity index is 981. The van der Waals surface area contributed by atoms with Crippen LogP contribution in [0.1, 0.15) is 31.0 Å². The number of hydrogen-bond donors (Lipinski definition) is 4. The van der Waals surface area contributed by atoms with Crippen LogP contribution in [0, 0.1) is 0 Å². The fourth-order valence-electron chi connectivity index (χ4n) is 4.10. The molecule has 0 saturated heterocycles. The van der Waals surface area contributed by atoms with E-state index in [0.717, 1.165) is 33.0 Å². The Labute approximate surface area is 146 Å². The summed E-state index contributed by atoms with van der Waals surface area (Å²) in [5.74, 6) is 0.398. The molecular weight excluding hydrogens is 314 g/mol. The predicted molar refractivity (Wildman–Crippen MR) is 99.1 cm³/mol. The van der Waals surface area contributed by atoms with Crippen LogP contribution in [0.25, 0.3) is 21.9 Å². The van der Waals surface area contributed by atoms with Crippen molar-refractivity contribution in [1.82, 2.24) is 5.32 Å². The number of rotatable bonds is 1. The smallest absolute Gasteiger partial charge is 0.127 e. The molecular formula is C21H21NO3. The van der Waals surface area contributed by atoms with Crippen LogP contribution in [0.2, 0.25) is 0 Å². The van der Waals surface area contributed by atoms with Crippen molar-refractivity contribution in [2.24, 2.45) is 0 Å². The number of benzene rings is 3. The number of nitrogens with one attached hydrogen (secondary N) is 1. The topological polar surface area (TPSA) is 72.7 Å². The molecule has 25 heavy (non-hydrogen) atoms. The molecule has 0 aliphatic carbocycles. The van der Waals surface area contributed by atoms with E-state index in [4.69, 9.17) is 0 Å². The third-order valence-corrected chi connectivity index (χ3v) is 5.08. The molecule has 4 rings (SSSR count). The van der Waals surface area contributed by atoms with E-state index in [1.165, 1.54) is 6.07 Å². The van der Waals surface area contributed by atoms with Gasteiger partial charge in [0.1, 0.15) is 17.2 Å². The van der Waals surface area contributed by atoms with Gasteiger partial charge in [0.2, 0.25) is 0 Å². The van der Waals surface area contributed by atoms with E-state index in [-0.39, 0.29) is 29.3 Å². The number of fused-ring (bicyclic) bond motifs is 2. The molecule has 0 bridgehead atoms. The molecule has 1 aliphatic heterocycles. The minimum atomic E-state index is 0.00137. The van der Waals surface area contributed by atoms with E-state index >= 15 is 0 Å². The van der Waals surface area contributed by atoms with E-state index in [0.29, 0.717) is 6.42 Å². The maximum absolute atomic E-state index is 10.7. The molecule has 0 radical (unpaired) electrons. The zero-order valence-corrected chi connectivity index (χ0v) is 14.2. The van der Waals surface area contributed by atoms with Crippen LogP contribution >= 0.6 is 0 Å². The average Bonchev–Trinajstić information content (AvgIpc) is 2.56. The Morgan fingerprint density at radius 1 is 0.880 bits per heavy atom. The van der Waals surface area contributed by atoms with Gasteiger partial charge in [0.05, 0.1) is 0 Å². The van der Waals surface area contributed by atoms with E-state index < -0.39 is 0 Å². The van der Waals surface area contributed by atoms with Crippen LogP contribution in [0.4, 0.5) is 0 Å². The van der Waals surface area contributed by atoms with E-state index in [1.807, 2.05) is 37.3 Å². The van der Waals surface area contributed by atoms with Gasteiger partial charge < -0.3 is 20.6 Å². The van der Waals surface area contributed by atoms with Gasteiger partial charge in [-0.3, -0.25) is 0 Å². The molecule has 2 atom stereocenters. The quantitative estimate of drug-likeness (QED) is 0.537. The molecule has 4 N–H and O–H groups in total. The van der Waals surface area contributed by atoms with Crippen LogP contribution < -0.4 is 5.32 Å². The molecule has 1 aliphatic rings. The summed E-state index contributed by atoms with van der Waals surface area (Å²) < 4.78 is 0. The SMILES string of the molecule is C[C@@H]1N[C@@H](C)Cc2c(-c3ccc(O)c4ccccc34)c(O)cc(O)c21. The zero-order valence-electron chi connectivity index (χ0n) is 14.2. The highest BCUT2D eigenvalue weighted by molar-refractivity contribution is 6.02. The third-order valence-electron chi connectivity index (χ3n) is 5.08. The highest BCUT2D eigenvalue weighted by Gasteiger charge is 2.29. The summed E-state index contributed by atoms with van der Waals surface area (Å²) in [6.07, 6.45) is 0.714. The van der Waals surface area contributed by atoms with Crippen molar-refractivity contribution in [3.8, 4) is 28.4 Å². The lowest BCUT2D eigenvalue weighted by Gasteiger charge is -2.32. The van der Waals surface area contributed by atoms with Crippen molar-refractivity contribution >= 4 is 10.8 Å². The van der Waals surface area contributed by atoms with E-state index in [1.54, 1.807) is 6.07 Å². The molecule has 4 heteroatoms. The first-order valence-electron chi connectivity index (χ1n) is 8.52. The number of hydrogen-bond acceptors (Lipinski definition) is 4. The standard InChI is InChI=1S/C21H21NO3/c1-11-9-16-20(12(2)22-11)18(24)10-19(25)21(16)15-7-8-17(23)14-6-4-3-5-13(14)15/h3-8,10-12,22-25H,9H2,1-2H3/t11-,12-/m0/s1. The van der Waals surface area contributed by atoms with Crippen molar-refractivity contribution in [3.05, 3.63) is 53.6 Å². The molecule has 0 amide bonds. The second-order valence-electron chi connectivity index (χ2n) is 6.85.